The Morgan fingerprint density at radius 3 is 2.10 bits per heavy atom. The van der Waals surface area contributed by atoms with Crippen LogP contribution in [-0.2, 0) is 24.1 Å². The number of carboxylic acids is 1. The molecule has 0 spiro atoms. The van der Waals surface area contributed by atoms with Gasteiger partial charge in [0.1, 0.15) is 12.4 Å². The Morgan fingerprint density at radius 1 is 1.06 bits per heavy atom. The highest BCUT2D eigenvalue weighted by Gasteiger charge is 2.29. The molecule has 0 radical (unpaired) electrons. The van der Waals surface area contributed by atoms with Gasteiger partial charge >= 0.3 is 12.1 Å². The van der Waals surface area contributed by atoms with Gasteiger partial charge in [-0.2, -0.15) is 13.2 Å². The number of carbonyl (C=O) groups is 1. The second-order valence-electron chi connectivity index (χ2n) is 7.17. The van der Waals surface area contributed by atoms with E-state index in [4.69, 9.17) is 15.7 Å². The lowest BCUT2D eigenvalue weighted by Gasteiger charge is -2.23. The van der Waals surface area contributed by atoms with Crippen LogP contribution in [0.15, 0.2) is 72.0 Å². The summed E-state index contributed by atoms with van der Waals surface area (Å²) in [6, 6.07) is 11.9. The Hall–Kier alpha value is -3.26. The first-order chi connectivity index (χ1) is 14.5. The first kappa shape index (κ1) is 24.0. The van der Waals surface area contributed by atoms with Crippen LogP contribution in [0.2, 0.25) is 0 Å². The third kappa shape index (κ3) is 7.18. The number of halogens is 3. The van der Waals surface area contributed by atoms with Gasteiger partial charge in [0.15, 0.2) is 0 Å². The summed E-state index contributed by atoms with van der Waals surface area (Å²) in [7, 11) is 0. The Kier molecular flexibility index (Phi) is 7.88. The minimum Gasteiger partial charge on any atom is -0.489 e. The number of alkyl halides is 3. The monoisotopic (exact) mass is 434 g/mol. The Labute approximate surface area is 179 Å². The fourth-order valence-corrected chi connectivity index (χ4v) is 2.88. The molecule has 0 aromatic heterocycles. The highest BCUT2D eigenvalue weighted by molar-refractivity contribution is 5.71. The van der Waals surface area contributed by atoms with Crippen LogP contribution in [0.4, 0.5) is 13.2 Å². The number of hydrogen-bond donors (Lipinski definition) is 2. The van der Waals surface area contributed by atoms with Gasteiger partial charge in [-0.05, 0) is 54.8 Å². The number of nitrogens with two attached hydrogens (primary N) is 1. The molecule has 0 aliphatic heterocycles. The topological polar surface area (TPSA) is 75.8 Å². The summed E-state index contributed by atoms with van der Waals surface area (Å²) in [6.07, 6.45) is -4.52. The van der Waals surface area contributed by atoms with Crippen molar-refractivity contribution in [2.24, 2.45) is 5.84 Å². The quantitative estimate of drug-likeness (QED) is 0.319. The molecule has 2 aromatic carbocycles. The molecule has 0 saturated heterocycles. The maximum atomic E-state index is 12.6. The lowest BCUT2D eigenvalue weighted by molar-refractivity contribution is -0.138. The lowest BCUT2D eigenvalue weighted by atomic mass is 10.0. The van der Waals surface area contributed by atoms with E-state index in [0.29, 0.717) is 34.7 Å². The summed E-state index contributed by atoms with van der Waals surface area (Å²) < 4.78 is 43.5. The first-order valence-corrected chi connectivity index (χ1v) is 9.45. The molecule has 0 fully saturated rings. The molecular formula is C23H25F3N2O3. The zero-order valence-electron chi connectivity index (χ0n) is 17.4. The van der Waals surface area contributed by atoms with Crippen LogP contribution in [0.5, 0.6) is 5.75 Å². The van der Waals surface area contributed by atoms with Crippen molar-refractivity contribution in [3.63, 3.8) is 0 Å². The van der Waals surface area contributed by atoms with Crippen molar-refractivity contribution in [3.8, 4) is 5.75 Å². The van der Waals surface area contributed by atoms with Crippen LogP contribution >= 0.6 is 0 Å². The van der Waals surface area contributed by atoms with Crippen LogP contribution < -0.4 is 10.6 Å². The number of hydrogen-bond acceptors (Lipinski definition) is 4. The van der Waals surface area contributed by atoms with Gasteiger partial charge in [-0.3, -0.25) is 4.79 Å². The minimum atomic E-state index is -4.36. The summed E-state index contributed by atoms with van der Waals surface area (Å²) >= 11 is 0. The maximum absolute atomic E-state index is 12.6. The number of ether oxygens (including phenoxy) is 1. The van der Waals surface area contributed by atoms with Gasteiger partial charge in [-0.25, -0.2) is 5.84 Å². The van der Waals surface area contributed by atoms with Crippen LogP contribution in [0.25, 0.3) is 0 Å². The second kappa shape index (κ2) is 10.2. The molecule has 0 aliphatic carbocycles. The standard InChI is InChI=1S/C23H25F3N2O3/c1-15(2)21(12-22(29)30)16(3)28(27)13-17-6-10-20(11-7-17)31-14-18-4-8-19(9-5-18)23(24,25)26/h4-11H,1,12-14,27H2,2-3H3,(H,29,30)/b21-16-. The highest BCUT2D eigenvalue weighted by atomic mass is 19.4. The van der Waals surface area contributed by atoms with Gasteiger partial charge in [-0.15, -0.1) is 0 Å². The number of allylic oxidation sites excluding steroid dienone is 2. The third-order valence-corrected chi connectivity index (χ3v) is 4.67. The van der Waals surface area contributed by atoms with Crippen LogP contribution in [0, 0.1) is 0 Å². The molecule has 0 heterocycles. The van der Waals surface area contributed by atoms with E-state index >= 15 is 0 Å². The largest absolute Gasteiger partial charge is 0.489 e. The summed E-state index contributed by atoms with van der Waals surface area (Å²) in [4.78, 5) is 11.1. The SMILES string of the molecule is C=C(C)/C(CC(=O)O)=C(/C)N(N)Cc1ccc(OCc2ccc(C(F)(F)F)cc2)cc1. The van der Waals surface area contributed by atoms with Gasteiger partial charge in [0, 0.05) is 5.70 Å². The first-order valence-electron chi connectivity index (χ1n) is 9.45. The Bertz CT molecular complexity index is 950. The highest BCUT2D eigenvalue weighted by Crippen LogP contribution is 2.29. The van der Waals surface area contributed by atoms with Crippen molar-refractivity contribution >= 4 is 5.97 Å². The molecule has 31 heavy (non-hydrogen) atoms. The zero-order valence-corrected chi connectivity index (χ0v) is 17.4. The van der Waals surface area contributed by atoms with Gasteiger partial charge in [0.2, 0.25) is 0 Å². The third-order valence-electron chi connectivity index (χ3n) is 4.67. The average Bonchev–Trinajstić information content (AvgIpc) is 2.70. The van der Waals surface area contributed by atoms with E-state index in [1.807, 2.05) is 12.1 Å². The number of nitrogens with zero attached hydrogens (tertiary/aromatic N) is 1. The molecule has 0 unspecified atom stereocenters. The van der Waals surface area contributed by atoms with E-state index in [0.717, 1.165) is 17.7 Å². The van der Waals surface area contributed by atoms with E-state index in [1.165, 1.54) is 17.1 Å². The van der Waals surface area contributed by atoms with E-state index in [2.05, 4.69) is 6.58 Å². The van der Waals surface area contributed by atoms with E-state index < -0.39 is 17.7 Å². The van der Waals surface area contributed by atoms with Crippen molar-refractivity contribution in [1.82, 2.24) is 5.01 Å². The fourth-order valence-electron chi connectivity index (χ4n) is 2.88. The number of rotatable bonds is 9. The van der Waals surface area contributed by atoms with Crippen LogP contribution in [0.1, 0.15) is 37.0 Å². The van der Waals surface area contributed by atoms with Crippen molar-refractivity contribution in [2.75, 3.05) is 0 Å². The van der Waals surface area contributed by atoms with Crippen molar-refractivity contribution < 1.29 is 27.8 Å². The molecule has 0 bridgehead atoms. The molecule has 8 heteroatoms. The predicted octanol–water partition coefficient (Wildman–Crippen LogP) is 5.28. The summed E-state index contributed by atoms with van der Waals surface area (Å²) in [5, 5.41) is 10.5. The summed E-state index contributed by atoms with van der Waals surface area (Å²) in [5.74, 6) is 5.71. The van der Waals surface area contributed by atoms with E-state index in [1.54, 1.807) is 26.0 Å². The number of aliphatic carboxylic acids is 1. The van der Waals surface area contributed by atoms with E-state index in [-0.39, 0.29) is 13.0 Å². The second-order valence-corrected chi connectivity index (χ2v) is 7.17. The Morgan fingerprint density at radius 2 is 1.61 bits per heavy atom. The fraction of sp³-hybridized carbons (Fsp3) is 0.261. The van der Waals surface area contributed by atoms with Gasteiger partial charge in [0.05, 0.1) is 18.5 Å². The molecule has 0 aliphatic rings. The molecule has 0 amide bonds. The molecule has 3 N–H and O–H groups in total. The normalized spacial score (nSPS) is 12.2. The molecular weight excluding hydrogens is 409 g/mol. The number of carboxylic acid groups (broad SMARTS) is 1. The van der Waals surface area contributed by atoms with E-state index in [9.17, 15) is 18.0 Å². The summed E-state index contributed by atoms with van der Waals surface area (Å²) in [5.41, 5.74) is 2.64. The molecule has 0 saturated carbocycles. The molecule has 2 rings (SSSR count). The lowest BCUT2D eigenvalue weighted by Crippen LogP contribution is -2.30. The molecule has 5 nitrogen and oxygen atoms in total. The van der Waals surface area contributed by atoms with Crippen molar-refractivity contribution in [2.45, 2.75) is 39.6 Å². The minimum absolute atomic E-state index is 0.138. The number of benzene rings is 2. The van der Waals surface area contributed by atoms with Gasteiger partial charge in [-0.1, -0.05) is 36.4 Å². The molecule has 166 valence electrons. The average molecular weight is 434 g/mol. The smallest absolute Gasteiger partial charge is 0.416 e. The van der Waals surface area contributed by atoms with Crippen molar-refractivity contribution in [3.05, 3.63) is 88.6 Å². The summed E-state index contributed by atoms with van der Waals surface area (Å²) in [6.45, 7) is 7.78. The van der Waals surface area contributed by atoms with Crippen molar-refractivity contribution in [1.29, 1.82) is 0 Å². The van der Waals surface area contributed by atoms with Gasteiger partial charge in [0.25, 0.3) is 0 Å². The van der Waals surface area contributed by atoms with Gasteiger partial charge < -0.3 is 14.9 Å². The van der Waals surface area contributed by atoms with Crippen LogP contribution in [0.3, 0.4) is 0 Å². The maximum Gasteiger partial charge on any atom is 0.416 e. The molecule has 2 aromatic rings. The predicted molar refractivity (Wildman–Crippen MR) is 112 cm³/mol. The number of hydrazine groups is 1. The zero-order chi connectivity index (χ0) is 23.2. The van der Waals surface area contributed by atoms with Crippen LogP contribution in [-0.4, -0.2) is 16.1 Å². The molecule has 0 atom stereocenters. The Balaban J connectivity index is 1.98.